The van der Waals surface area contributed by atoms with Crippen molar-refractivity contribution in [2.24, 2.45) is 0 Å². The van der Waals surface area contributed by atoms with Gasteiger partial charge in [0.2, 0.25) is 0 Å². The van der Waals surface area contributed by atoms with Crippen molar-refractivity contribution in [3.05, 3.63) is 94.3 Å². The lowest BCUT2D eigenvalue weighted by molar-refractivity contribution is -0.384. The number of aromatic nitrogens is 2. The Bertz CT molecular complexity index is 1180. The topological polar surface area (TPSA) is 90.3 Å². The zero-order chi connectivity index (χ0) is 20.2. The maximum absolute atomic E-state index is 11.1. The molecule has 0 aliphatic carbocycles. The van der Waals surface area contributed by atoms with Crippen molar-refractivity contribution in [2.45, 2.75) is 0 Å². The number of benzene rings is 3. The molecule has 0 fully saturated rings. The molecule has 3 aromatic carbocycles. The number of nitrogens with zero attached hydrogens (tertiary/aromatic N) is 2. The van der Waals surface area contributed by atoms with Crippen molar-refractivity contribution in [3.8, 4) is 11.5 Å². The first-order chi connectivity index (χ1) is 14.1. The summed E-state index contributed by atoms with van der Waals surface area (Å²) in [4.78, 5) is 18.5. The molecule has 29 heavy (non-hydrogen) atoms. The van der Waals surface area contributed by atoms with Gasteiger partial charge in [-0.1, -0.05) is 30.3 Å². The predicted octanol–water partition coefficient (Wildman–Crippen LogP) is 5.06. The van der Waals surface area contributed by atoms with Gasteiger partial charge in [0, 0.05) is 18.2 Å². The van der Waals surface area contributed by atoms with Gasteiger partial charge in [0.25, 0.3) is 5.69 Å². The second-order valence-electron chi connectivity index (χ2n) is 6.24. The van der Waals surface area contributed by atoms with Gasteiger partial charge in [0.15, 0.2) is 11.6 Å². The maximum Gasteiger partial charge on any atom is 0.270 e. The van der Waals surface area contributed by atoms with Crippen LogP contribution >= 0.6 is 0 Å². The van der Waals surface area contributed by atoms with E-state index in [4.69, 9.17) is 9.47 Å². The third-order valence-electron chi connectivity index (χ3n) is 4.27. The van der Waals surface area contributed by atoms with Crippen LogP contribution in [-0.4, -0.2) is 22.0 Å². The van der Waals surface area contributed by atoms with Gasteiger partial charge >= 0.3 is 0 Å². The summed E-state index contributed by atoms with van der Waals surface area (Å²) >= 11 is 0. The average Bonchev–Trinajstić information content (AvgIpc) is 3.18. The van der Waals surface area contributed by atoms with E-state index in [1.807, 2.05) is 36.4 Å². The number of methoxy groups -OCH3 is 1. The van der Waals surface area contributed by atoms with E-state index in [0.717, 1.165) is 11.0 Å². The van der Waals surface area contributed by atoms with Gasteiger partial charge in [-0.15, -0.1) is 0 Å². The van der Waals surface area contributed by atoms with Crippen molar-refractivity contribution < 1.29 is 14.4 Å². The quantitative estimate of drug-likeness (QED) is 0.284. The van der Waals surface area contributed by atoms with Crippen molar-refractivity contribution in [2.75, 3.05) is 7.11 Å². The summed E-state index contributed by atoms with van der Waals surface area (Å²) in [6, 6.07) is 21.1. The highest BCUT2D eigenvalue weighted by Crippen LogP contribution is 2.27. The van der Waals surface area contributed by atoms with E-state index in [-0.39, 0.29) is 5.69 Å². The van der Waals surface area contributed by atoms with Crippen LogP contribution in [0.5, 0.6) is 11.5 Å². The molecule has 0 spiro atoms. The molecule has 0 bridgehead atoms. The van der Waals surface area contributed by atoms with E-state index >= 15 is 0 Å². The van der Waals surface area contributed by atoms with Gasteiger partial charge in [-0.25, -0.2) is 4.98 Å². The summed E-state index contributed by atoms with van der Waals surface area (Å²) in [7, 11) is 1.58. The summed E-state index contributed by atoms with van der Waals surface area (Å²) < 4.78 is 11.3. The number of hydrogen-bond donors (Lipinski definition) is 1. The van der Waals surface area contributed by atoms with Crippen LogP contribution in [0.3, 0.4) is 0 Å². The molecule has 7 heteroatoms. The minimum atomic E-state index is -0.429. The molecule has 0 unspecified atom stereocenters. The third-order valence-corrected chi connectivity index (χ3v) is 4.27. The maximum atomic E-state index is 11.1. The van der Waals surface area contributed by atoms with Crippen LogP contribution in [0.15, 0.2) is 72.8 Å². The molecule has 144 valence electrons. The number of non-ortho nitro benzene ring substituents is 1. The fraction of sp³-hybridized carbons (Fsp3) is 0.0455. The standard InChI is InChI=1S/C22H17N3O4/c1-28-17-8-5-9-18(14-17)29-21(13-15-6-4-7-16(12-15)25(26)27)22-23-19-10-2-3-11-20(19)24-22/h2-14H,1H3,(H,23,24)/b21-13+. The Kier molecular flexibility index (Phi) is 4.94. The van der Waals surface area contributed by atoms with Crippen molar-refractivity contribution in [3.63, 3.8) is 0 Å². The van der Waals surface area contributed by atoms with Crippen molar-refractivity contribution in [1.29, 1.82) is 0 Å². The van der Waals surface area contributed by atoms with Crippen LogP contribution in [0.1, 0.15) is 11.4 Å². The van der Waals surface area contributed by atoms with Crippen LogP contribution < -0.4 is 9.47 Å². The zero-order valence-corrected chi connectivity index (χ0v) is 15.5. The zero-order valence-electron chi connectivity index (χ0n) is 15.5. The number of rotatable bonds is 6. The van der Waals surface area contributed by atoms with E-state index in [9.17, 15) is 10.1 Å². The molecule has 1 heterocycles. The minimum absolute atomic E-state index is 0.00378. The number of nitro groups is 1. The Morgan fingerprint density at radius 1 is 1.03 bits per heavy atom. The lowest BCUT2D eigenvalue weighted by Crippen LogP contribution is -1.98. The van der Waals surface area contributed by atoms with E-state index in [1.165, 1.54) is 12.1 Å². The average molecular weight is 387 g/mol. The predicted molar refractivity (Wildman–Crippen MR) is 111 cm³/mol. The van der Waals surface area contributed by atoms with E-state index in [2.05, 4.69) is 9.97 Å². The van der Waals surface area contributed by atoms with Crippen LogP contribution in [-0.2, 0) is 0 Å². The summed E-state index contributed by atoms with van der Waals surface area (Å²) in [5.74, 6) is 2.15. The fourth-order valence-electron chi connectivity index (χ4n) is 2.89. The van der Waals surface area contributed by atoms with Gasteiger partial charge < -0.3 is 14.5 Å². The van der Waals surface area contributed by atoms with E-state index in [1.54, 1.807) is 37.5 Å². The summed E-state index contributed by atoms with van der Waals surface area (Å²) in [6.07, 6.45) is 1.71. The first-order valence-electron chi connectivity index (χ1n) is 8.85. The molecule has 0 amide bonds. The fourth-order valence-corrected chi connectivity index (χ4v) is 2.89. The lowest BCUT2D eigenvalue weighted by atomic mass is 10.2. The van der Waals surface area contributed by atoms with Gasteiger partial charge in [-0.05, 0) is 35.9 Å². The number of nitrogens with one attached hydrogen (secondary N) is 1. The number of fused-ring (bicyclic) bond motifs is 1. The second kappa shape index (κ2) is 7.85. The SMILES string of the molecule is COc1cccc(O/C(=C/c2cccc([N+](=O)[O-])c2)c2nc3ccccc3[nH]2)c1. The van der Waals surface area contributed by atoms with Crippen molar-refractivity contribution >= 4 is 28.6 Å². The molecule has 1 N–H and O–H groups in total. The molecule has 7 nitrogen and oxygen atoms in total. The Labute approximate surface area is 166 Å². The first kappa shape index (κ1) is 18.2. The number of ether oxygens (including phenoxy) is 2. The molecular weight excluding hydrogens is 370 g/mol. The highest BCUT2D eigenvalue weighted by Gasteiger charge is 2.13. The number of aromatic amines is 1. The van der Waals surface area contributed by atoms with Gasteiger partial charge in [0.1, 0.15) is 11.5 Å². The largest absolute Gasteiger partial charge is 0.497 e. The van der Waals surface area contributed by atoms with Gasteiger partial charge in [0.05, 0.1) is 23.1 Å². The van der Waals surface area contributed by atoms with Crippen LogP contribution in [0, 0.1) is 10.1 Å². The first-order valence-corrected chi connectivity index (χ1v) is 8.85. The van der Waals surface area contributed by atoms with Crippen LogP contribution in [0.2, 0.25) is 0 Å². The monoisotopic (exact) mass is 387 g/mol. The summed E-state index contributed by atoms with van der Waals surface area (Å²) in [5, 5.41) is 11.1. The molecule has 0 radical (unpaired) electrons. The van der Waals surface area contributed by atoms with Crippen LogP contribution in [0.25, 0.3) is 22.9 Å². The Morgan fingerprint density at radius 2 is 1.83 bits per heavy atom. The van der Waals surface area contributed by atoms with Gasteiger partial charge in [-0.2, -0.15) is 0 Å². The van der Waals surface area contributed by atoms with E-state index in [0.29, 0.717) is 28.6 Å². The molecule has 1 aromatic heterocycles. The number of para-hydroxylation sites is 2. The lowest BCUT2D eigenvalue weighted by Gasteiger charge is -2.09. The normalized spacial score (nSPS) is 11.4. The number of hydrogen-bond acceptors (Lipinski definition) is 5. The number of nitro benzene ring substituents is 1. The molecule has 4 aromatic rings. The van der Waals surface area contributed by atoms with E-state index < -0.39 is 4.92 Å². The highest BCUT2D eigenvalue weighted by molar-refractivity contribution is 5.82. The number of H-pyrrole nitrogens is 1. The molecular formula is C22H17N3O4. The Balaban J connectivity index is 1.79. The molecule has 0 atom stereocenters. The summed E-state index contributed by atoms with van der Waals surface area (Å²) in [5.41, 5.74) is 2.28. The van der Waals surface area contributed by atoms with Crippen LogP contribution in [0.4, 0.5) is 5.69 Å². The Morgan fingerprint density at radius 3 is 2.62 bits per heavy atom. The summed E-state index contributed by atoms with van der Waals surface area (Å²) in [6.45, 7) is 0. The molecule has 0 saturated heterocycles. The molecule has 0 saturated carbocycles. The molecule has 4 rings (SSSR count). The minimum Gasteiger partial charge on any atom is -0.497 e. The molecule has 0 aliphatic rings. The number of imidazole rings is 1. The second-order valence-corrected chi connectivity index (χ2v) is 6.24. The van der Waals surface area contributed by atoms with Gasteiger partial charge in [-0.3, -0.25) is 10.1 Å². The highest BCUT2D eigenvalue weighted by atomic mass is 16.6. The smallest absolute Gasteiger partial charge is 0.270 e. The van der Waals surface area contributed by atoms with Crippen molar-refractivity contribution in [1.82, 2.24) is 9.97 Å². The molecule has 0 aliphatic heterocycles. The third kappa shape index (κ3) is 4.08. The Hall–Kier alpha value is -4.13.